The number of Topliss-reactive ketones (excluding diaryl/α,β-unsaturated/α-hetero) is 1. The summed E-state index contributed by atoms with van der Waals surface area (Å²) in [5.74, 6) is 0.00981. The van der Waals surface area contributed by atoms with Crippen molar-refractivity contribution in [3.05, 3.63) is 53.9 Å². The summed E-state index contributed by atoms with van der Waals surface area (Å²) in [5, 5.41) is 0. The minimum Gasteiger partial charge on any atom is -0.293 e. The fourth-order valence-electron chi connectivity index (χ4n) is 1.16. The van der Waals surface area contributed by atoms with E-state index in [-0.39, 0.29) is 5.78 Å². The van der Waals surface area contributed by atoms with Gasteiger partial charge in [0.15, 0.2) is 5.78 Å². The molecular weight excluding hydrogens is 214 g/mol. The van der Waals surface area contributed by atoms with Crippen molar-refractivity contribution in [2.75, 3.05) is 0 Å². The lowest BCUT2D eigenvalue weighted by Gasteiger charge is -1.89. The van der Waals surface area contributed by atoms with Gasteiger partial charge in [0.25, 0.3) is 0 Å². The molecule has 0 unspecified atom stereocenters. The van der Waals surface area contributed by atoms with Crippen LogP contribution in [0.15, 0.2) is 36.8 Å². The SMILES string of the molecule is CC(=O)c1ccccn1.Cc1cncc(C)n1. The first-order valence-electron chi connectivity index (χ1n) is 5.27. The Morgan fingerprint density at radius 2 is 1.76 bits per heavy atom. The van der Waals surface area contributed by atoms with E-state index in [0.29, 0.717) is 5.69 Å². The molecule has 88 valence electrons. The van der Waals surface area contributed by atoms with Gasteiger partial charge in [0.05, 0.1) is 11.4 Å². The molecule has 0 atom stereocenters. The van der Waals surface area contributed by atoms with Crippen LogP contribution in [0.1, 0.15) is 28.8 Å². The minimum absolute atomic E-state index is 0.00981. The van der Waals surface area contributed by atoms with Crippen LogP contribution < -0.4 is 0 Å². The molecule has 0 aliphatic carbocycles. The molecule has 0 radical (unpaired) electrons. The quantitative estimate of drug-likeness (QED) is 0.704. The number of hydrogen-bond donors (Lipinski definition) is 0. The van der Waals surface area contributed by atoms with Gasteiger partial charge in [-0.2, -0.15) is 0 Å². The fourth-order valence-corrected chi connectivity index (χ4v) is 1.16. The Bertz CT molecular complexity index is 466. The summed E-state index contributed by atoms with van der Waals surface area (Å²) in [6, 6.07) is 5.28. The molecule has 0 N–H and O–H groups in total. The highest BCUT2D eigenvalue weighted by Crippen LogP contribution is 1.92. The molecule has 2 heterocycles. The van der Waals surface area contributed by atoms with Crippen molar-refractivity contribution in [1.82, 2.24) is 15.0 Å². The maximum atomic E-state index is 10.6. The minimum atomic E-state index is 0.00981. The summed E-state index contributed by atoms with van der Waals surface area (Å²) in [7, 11) is 0. The van der Waals surface area contributed by atoms with Crippen LogP contribution in [-0.2, 0) is 0 Å². The third-order valence-corrected chi connectivity index (χ3v) is 1.90. The van der Waals surface area contributed by atoms with Crippen molar-refractivity contribution in [3.8, 4) is 0 Å². The van der Waals surface area contributed by atoms with Crippen molar-refractivity contribution < 1.29 is 4.79 Å². The van der Waals surface area contributed by atoms with Crippen LogP contribution >= 0.6 is 0 Å². The van der Waals surface area contributed by atoms with E-state index in [0.717, 1.165) is 11.4 Å². The molecule has 0 spiro atoms. The highest BCUT2D eigenvalue weighted by atomic mass is 16.1. The molecule has 0 saturated carbocycles. The van der Waals surface area contributed by atoms with E-state index in [1.54, 1.807) is 36.8 Å². The predicted octanol–water partition coefficient (Wildman–Crippen LogP) is 2.38. The van der Waals surface area contributed by atoms with Gasteiger partial charge in [0, 0.05) is 25.5 Å². The van der Waals surface area contributed by atoms with E-state index >= 15 is 0 Å². The highest BCUT2D eigenvalue weighted by Gasteiger charge is 1.94. The maximum absolute atomic E-state index is 10.6. The largest absolute Gasteiger partial charge is 0.293 e. The van der Waals surface area contributed by atoms with Crippen LogP contribution in [0, 0.1) is 13.8 Å². The van der Waals surface area contributed by atoms with Gasteiger partial charge < -0.3 is 0 Å². The molecule has 0 saturated heterocycles. The molecule has 0 bridgehead atoms. The van der Waals surface area contributed by atoms with Crippen molar-refractivity contribution >= 4 is 5.78 Å². The molecule has 4 heteroatoms. The summed E-state index contributed by atoms with van der Waals surface area (Å²) in [4.78, 5) is 22.4. The van der Waals surface area contributed by atoms with Crippen molar-refractivity contribution in [2.24, 2.45) is 0 Å². The van der Waals surface area contributed by atoms with Gasteiger partial charge in [0.1, 0.15) is 5.69 Å². The van der Waals surface area contributed by atoms with Gasteiger partial charge in [0.2, 0.25) is 0 Å². The van der Waals surface area contributed by atoms with E-state index < -0.39 is 0 Å². The lowest BCUT2D eigenvalue weighted by molar-refractivity contribution is 0.101. The number of ketones is 1. The molecule has 0 amide bonds. The van der Waals surface area contributed by atoms with E-state index in [4.69, 9.17) is 0 Å². The van der Waals surface area contributed by atoms with E-state index in [1.165, 1.54) is 6.92 Å². The lowest BCUT2D eigenvalue weighted by atomic mass is 10.3. The second kappa shape index (κ2) is 6.48. The Balaban J connectivity index is 0.000000171. The first kappa shape index (κ1) is 13.0. The van der Waals surface area contributed by atoms with Crippen molar-refractivity contribution in [1.29, 1.82) is 0 Å². The smallest absolute Gasteiger partial charge is 0.178 e. The second-order valence-corrected chi connectivity index (χ2v) is 3.57. The molecule has 0 fully saturated rings. The van der Waals surface area contributed by atoms with Crippen LogP contribution in [0.3, 0.4) is 0 Å². The van der Waals surface area contributed by atoms with E-state index in [9.17, 15) is 4.79 Å². The average molecular weight is 229 g/mol. The van der Waals surface area contributed by atoms with Gasteiger partial charge >= 0.3 is 0 Å². The summed E-state index contributed by atoms with van der Waals surface area (Å²) in [6.07, 6.45) is 5.09. The van der Waals surface area contributed by atoms with Gasteiger partial charge in [-0.1, -0.05) is 6.07 Å². The number of nitrogens with zero attached hydrogens (tertiary/aromatic N) is 3. The van der Waals surface area contributed by atoms with Crippen molar-refractivity contribution in [3.63, 3.8) is 0 Å². The number of aryl methyl sites for hydroxylation is 2. The number of aromatic nitrogens is 3. The molecule has 2 rings (SSSR count). The first-order valence-corrected chi connectivity index (χ1v) is 5.27. The summed E-state index contributed by atoms with van der Waals surface area (Å²) in [6.45, 7) is 5.36. The monoisotopic (exact) mass is 229 g/mol. The van der Waals surface area contributed by atoms with Crippen LogP contribution in [0.2, 0.25) is 0 Å². The normalized spacial score (nSPS) is 9.12. The third-order valence-electron chi connectivity index (χ3n) is 1.90. The van der Waals surface area contributed by atoms with Gasteiger partial charge in [-0.3, -0.25) is 19.7 Å². The van der Waals surface area contributed by atoms with E-state index in [1.807, 2.05) is 13.8 Å². The number of hydrogen-bond acceptors (Lipinski definition) is 4. The number of carbonyl (C=O) groups excluding carboxylic acids is 1. The summed E-state index contributed by atoms with van der Waals surface area (Å²) in [5.41, 5.74) is 2.48. The number of rotatable bonds is 1. The molecule has 2 aromatic rings. The Morgan fingerprint density at radius 3 is 2.06 bits per heavy atom. The fraction of sp³-hybridized carbons (Fsp3) is 0.231. The highest BCUT2D eigenvalue weighted by molar-refractivity contribution is 5.91. The van der Waals surface area contributed by atoms with Crippen LogP contribution in [0.25, 0.3) is 0 Å². The van der Waals surface area contributed by atoms with Gasteiger partial charge in [-0.25, -0.2) is 0 Å². The summed E-state index contributed by atoms with van der Waals surface area (Å²) < 4.78 is 0. The molecule has 0 aliphatic heterocycles. The maximum Gasteiger partial charge on any atom is 0.178 e. The Kier molecular flexibility index (Phi) is 4.94. The zero-order valence-electron chi connectivity index (χ0n) is 10.2. The zero-order valence-corrected chi connectivity index (χ0v) is 10.2. The number of pyridine rings is 1. The van der Waals surface area contributed by atoms with Gasteiger partial charge in [-0.15, -0.1) is 0 Å². The van der Waals surface area contributed by atoms with Crippen LogP contribution in [0.4, 0.5) is 0 Å². The van der Waals surface area contributed by atoms with Gasteiger partial charge in [-0.05, 0) is 26.0 Å². The molecule has 2 aromatic heterocycles. The summed E-state index contributed by atoms with van der Waals surface area (Å²) >= 11 is 0. The van der Waals surface area contributed by atoms with Crippen LogP contribution in [-0.4, -0.2) is 20.7 Å². The average Bonchev–Trinajstić information content (AvgIpc) is 2.30. The second-order valence-electron chi connectivity index (χ2n) is 3.57. The predicted molar refractivity (Wildman–Crippen MR) is 65.7 cm³/mol. The third kappa shape index (κ3) is 4.97. The van der Waals surface area contributed by atoms with E-state index in [2.05, 4.69) is 15.0 Å². The Labute approximate surface area is 101 Å². The molecule has 0 aliphatic rings. The molecule has 0 aromatic carbocycles. The Hall–Kier alpha value is -2.10. The molecular formula is C13H15N3O. The zero-order chi connectivity index (χ0) is 12.7. The molecule has 4 nitrogen and oxygen atoms in total. The first-order chi connectivity index (χ1) is 8.09. The topological polar surface area (TPSA) is 55.7 Å². The number of carbonyl (C=O) groups is 1. The lowest BCUT2D eigenvalue weighted by Crippen LogP contribution is -1.93. The van der Waals surface area contributed by atoms with Crippen molar-refractivity contribution in [2.45, 2.75) is 20.8 Å². The Morgan fingerprint density at radius 1 is 1.12 bits per heavy atom. The molecule has 17 heavy (non-hydrogen) atoms. The van der Waals surface area contributed by atoms with Crippen LogP contribution in [0.5, 0.6) is 0 Å². The standard InChI is InChI=1S/C7H7NO.C6H8N2/c1-6(9)7-4-2-3-5-8-7;1-5-3-7-4-6(2)8-5/h2-5H,1H3;3-4H,1-2H3.